The van der Waals surface area contributed by atoms with E-state index in [1.165, 1.54) is 39.5 Å². The number of fused-ring (bicyclic) bond motifs is 1. The van der Waals surface area contributed by atoms with E-state index in [2.05, 4.69) is 15.4 Å². The lowest BCUT2D eigenvalue weighted by molar-refractivity contribution is -0.117. The number of nitrogens with zero attached hydrogens (tertiary/aromatic N) is 4. The van der Waals surface area contributed by atoms with Gasteiger partial charge in [0, 0.05) is 46.0 Å². The van der Waals surface area contributed by atoms with Crippen LogP contribution in [-0.4, -0.2) is 71.2 Å². The van der Waals surface area contributed by atoms with Crippen LogP contribution in [0.5, 0.6) is 23.3 Å². The molecule has 13 nitrogen and oxygen atoms in total. The summed E-state index contributed by atoms with van der Waals surface area (Å²) in [6, 6.07) is 13.1. The van der Waals surface area contributed by atoms with E-state index in [9.17, 15) is 14.7 Å². The van der Waals surface area contributed by atoms with E-state index >= 15 is 0 Å². The first-order valence-electron chi connectivity index (χ1n) is 16.1. The van der Waals surface area contributed by atoms with Crippen LogP contribution in [0.2, 0.25) is 10.0 Å². The van der Waals surface area contributed by atoms with Crippen LogP contribution in [0.4, 0.5) is 0 Å². The third-order valence-corrected chi connectivity index (χ3v) is 9.33. The fraction of sp³-hybridized carbons (Fsp3) is 0.306. The topological polar surface area (TPSA) is 173 Å². The van der Waals surface area contributed by atoms with Crippen LogP contribution in [0.3, 0.4) is 0 Å². The molecule has 2 amide bonds. The van der Waals surface area contributed by atoms with E-state index in [1.807, 2.05) is 10.9 Å². The molecule has 266 valence electrons. The van der Waals surface area contributed by atoms with E-state index in [1.54, 1.807) is 37.3 Å². The van der Waals surface area contributed by atoms with Gasteiger partial charge in [0.15, 0.2) is 0 Å². The van der Waals surface area contributed by atoms with Gasteiger partial charge in [-0.3, -0.25) is 14.3 Å². The number of carbonyl (C=O) groups excluding carboxylic acids is 2. The lowest BCUT2D eigenvalue weighted by atomic mass is 9.88. The second-order valence-electron chi connectivity index (χ2n) is 12.0. The van der Waals surface area contributed by atoms with Crippen molar-refractivity contribution in [1.29, 1.82) is 0 Å². The first kappa shape index (κ1) is 35.7. The number of nitrogens with one attached hydrogen (secondary N) is 1. The maximum Gasteiger partial charge on any atom is 0.251 e. The second kappa shape index (κ2) is 14.6. The first-order chi connectivity index (χ1) is 24.5. The Morgan fingerprint density at radius 1 is 1.04 bits per heavy atom. The van der Waals surface area contributed by atoms with Crippen LogP contribution in [0, 0.1) is 0 Å². The molecule has 4 N–H and O–H groups in total. The Morgan fingerprint density at radius 2 is 1.76 bits per heavy atom. The molecule has 1 fully saturated rings. The van der Waals surface area contributed by atoms with Gasteiger partial charge in [-0.2, -0.15) is 10.1 Å². The molecule has 0 saturated heterocycles. The van der Waals surface area contributed by atoms with E-state index in [4.69, 9.17) is 52.9 Å². The summed E-state index contributed by atoms with van der Waals surface area (Å²) >= 11 is 13.1. The fourth-order valence-electron chi connectivity index (χ4n) is 5.81. The summed E-state index contributed by atoms with van der Waals surface area (Å²) < 4.78 is 24.3. The SMILES string of the molecule is CCOc1c(CC(N)=O)cc([C@@](O)(CNC(=O)c2cc(OC)c3nn(C4CC4)cc3c2)c2cc(OC)nc(OC)c2)nc1-c1cccc(Cl)c1Cl. The van der Waals surface area contributed by atoms with Gasteiger partial charge in [-0.1, -0.05) is 35.3 Å². The molecule has 5 aromatic rings. The van der Waals surface area contributed by atoms with Gasteiger partial charge in [0.2, 0.25) is 17.7 Å². The summed E-state index contributed by atoms with van der Waals surface area (Å²) in [6.45, 7) is 1.57. The molecule has 0 aliphatic heterocycles. The Kier molecular flexibility index (Phi) is 10.2. The molecule has 51 heavy (non-hydrogen) atoms. The molecule has 15 heteroatoms. The fourth-order valence-corrected chi connectivity index (χ4v) is 6.20. The van der Waals surface area contributed by atoms with Crippen molar-refractivity contribution in [2.24, 2.45) is 5.73 Å². The van der Waals surface area contributed by atoms with Gasteiger partial charge in [-0.05, 0) is 44.0 Å². The van der Waals surface area contributed by atoms with E-state index in [0.29, 0.717) is 28.4 Å². The van der Waals surface area contributed by atoms with Crippen LogP contribution in [0.25, 0.3) is 22.2 Å². The quantitative estimate of drug-likeness (QED) is 0.137. The van der Waals surface area contributed by atoms with Gasteiger partial charge in [0.05, 0.1) is 62.7 Å². The number of hydrogen-bond acceptors (Lipinski definition) is 10. The van der Waals surface area contributed by atoms with Crippen molar-refractivity contribution < 1.29 is 33.6 Å². The summed E-state index contributed by atoms with van der Waals surface area (Å²) in [4.78, 5) is 35.4. The van der Waals surface area contributed by atoms with Gasteiger partial charge < -0.3 is 35.1 Å². The maximum absolute atomic E-state index is 13.9. The number of methoxy groups -OCH3 is 3. The van der Waals surface area contributed by atoms with Crippen molar-refractivity contribution in [2.75, 3.05) is 34.5 Å². The van der Waals surface area contributed by atoms with E-state index in [-0.39, 0.29) is 63.1 Å². The standard InChI is InChI=1S/C36H36Cl2N6O7/c1-5-51-34-19(14-28(39)45)13-27(41-33(34)24-7-6-8-25(37)31(24)38)36(47,22-15-29(49-3)42-30(16-22)50-4)18-40-35(46)20-11-21-17-44(23-9-10-23)43-32(21)26(12-20)48-2/h6-8,11-13,15-17,23,47H,5,9-10,14,18H2,1-4H3,(H2,39,45)(H,40,46)/t36-/m1/s1. The predicted octanol–water partition coefficient (Wildman–Crippen LogP) is 5.25. The highest BCUT2D eigenvalue weighted by Crippen LogP contribution is 2.42. The zero-order chi connectivity index (χ0) is 36.4. The van der Waals surface area contributed by atoms with Gasteiger partial charge >= 0.3 is 0 Å². The normalized spacial score (nSPS) is 13.8. The Labute approximate surface area is 303 Å². The number of aliphatic hydroxyl groups is 1. The molecule has 6 rings (SSSR count). The summed E-state index contributed by atoms with van der Waals surface area (Å²) in [7, 11) is 4.35. The van der Waals surface area contributed by atoms with Crippen molar-refractivity contribution in [3.8, 4) is 34.5 Å². The lowest BCUT2D eigenvalue weighted by Gasteiger charge is -2.30. The Bertz CT molecular complexity index is 2120. The van der Waals surface area contributed by atoms with Crippen molar-refractivity contribution in [1.82, 2.24) is 25.1 Å². The Balaban J connectivity index is 1.51. The minimum atomic E-state index is -2.10. The predicted molar refractivity (Wildman–Crippen MR) is 191 cm³/mol. The molecule has 0 spiro atoms. The summed E-state index contributed by atoms with van der Waals surface area (Å²) in [6.07, 6.45) is 3.71. The lowest BCUT2D eigenvalue weighted by Crippen LogP contribution is -2.42. The molecule has 1 aliphatic rings. The zero-order valence-corrected chi connectivity index (χ0v) is 29.8. The smallest absolute Gasteiger partial charge is 0.251 e. The minimum absolute atomic E-state index is 0.0163. The summed E-state index contributed by atoms with van der Waals surface area (Å²) in [5, 5.41) is 21.5. The second-order valence-corrected chi connectivity index (χ2v) is 12.7. The number of aromatic nitrogens is 4. The molecule has 1 saturated carbocycles. The zero-order valence-electron chi connectivity index (χ0n) is 28.3. The van der Waals surface area contributed by atoms with Gasteiger partial charge in [-0.25, -0.2) is 4.98 Å². The maximum atomic E-state index is 13.9. The molecule has 3 aromatic heterocycles. The first-order valence-corrected chi connectivity index (χ1v) is 16.8. The number of carbonyl (C=O) groups is 2. The molecule has 0 bridgehead atoms. The molecular weight excluding hydrogens is 699 g/mol. The summed E-state index contributed by atoms with van der Waals surface area (Å²) in [5.41, 5.74) is 5.62. The van der Waals surface area contributed by atoms with Crippen molar-refractivity contribution in [2.45, 2.75) is 37.8 Å². The highest BCUT2D eigenvalue weighted by atomic mass is 35.5. The number of amides is 2. The average Bonchev–Trinajstić information content (AvgIpc) is 3.89. The third-order valence-electron chi connectivity index (χ3n) is 8.51. The number of benzene rings is 2. The molecule has 2 aromatic carbocycles. The number of halogens is 2. The van der Waals surface area contributed by atoms with Crippen LogP contribution >= 0.6 is 23.2 Å². The number of ether oxygens (including phenoxy) is 4. The highest BCUT2D eigenvalue weighted by molar-refractivity contribution is 6.43. The Morgan fingerprint density at radius 3 is 2.39 bits per heavy atom. The van der Waals surface area contributed by atoms with Crippen LogP contribution in [0.1, 0.15) is 53.0 Å². The number of hydrogen-bond donors (Lipinski definition) is 3. The molecule has 0 radical (unpaired) electrons. The minimum Gasteiger partial charge on any atom is -0.494 e. The van der Waals surface area contributed by atoms with Gasteiger partial charge in [0.1, 0.15) is 28.3 Å². The Hall–Kier alpha value is -5.11. The van der Waals surface area contributed by atoms with Gasteiger partial charge in [-0.15, -0.1) is 0 Å². The molecule has 1 atom stereocenters. The van der Waals surface area contributed by atoms with Crippen molar-refractivity contribution >= 4 is 45.9 Å². The number of nitrogens with two attached hydrogens (primary N) is 1. The molecular formula is C36H36Cl2N6O7. The molecule has 0 unspecified atom stereocenters. The van der Waals surface area contributed by atoms with Gasteiger partial charge in [0.25, 0.3) is 5.91 Å². The van der Waals surface area contributed by atoms with Crippen LogP contribution < -0.4 is 30.0 Å². The third kappa shape index (κ3) is 7.23. The summed E-state index contributed by atoms with van der Waals surface area (Å²) in [5.74, 6) is -0.260. The van der Waals surface area contributed by atoms with E-state index < -0.39 is 24.0 Å². The monoisotopic (exact) mass is 734 g/mol. The number of primary amides is 1. The van der Waals surface area contributed by atoms with Crippen molar-refractivity contribution in [3.63, 3.8) is 0 Å². The molecule has 1 aliphatic carbocycles. The van der Waals surface area contributed by atoms with Crippen LogP contribution in [0.15, 0.2) is 54.7 Å². The number of rotatable bonds is 14. The number of pyridine rings is 2. The largest absolute Gasteiger partial charge is 0.494 e. The highest BCUT2D eigenvalue weighted by Gasteiger charge is 2.38. The van der Waals surface area contributed by atoms with E-state index in [0.717, 1.165) is 18.2 Å². The molecule has 3 heterocycles. The van der Waals surface area contributed by atoms with Crippen LogP contribution in [-0.2, 0) is 16.8 Å². The average molecular weight is 736 g/mol. The van der Waals surface area contributed by atoms with Crippen molar-refractivity contribution in [3.05, 3.63) is 87.2 Å².